The van der Waals surface area contributed by atoms with Crippen LogP contribution in [0.5, 0.6) is 0 Å². The van der Waals surface area contributed by atoms with Crippen LogP contribution in [0.3, 0.4) is 0 Å². The highest BCUT2D eigenvalue weighted by atomic mass is 35.5. The molecule has 0 amide bonds. The molecule has 2 unspecified atom stereocenters. The number of hydrogen-bond donors (Lipinski definition) is 0. The Morgan fingerprint density at radius 2 is 2.05 bits per heavy atom. The van der Waals surface area contributed by atoms with Gasteiger partial charge in [-0.05, 0) is 43.4 Å². The zero-order valence-electron chi connectivity index (χ0n) is 11.5. The molecule has 2 heterocycles. The van der Waals surface area contributed by atoms with E-state index in [-0.39, 0.29) is 0 Å². The largest absolute Gasteiger partial charge is 0.296 e. The number of hydrogen-bond acceptors (Lipinski definition) is 3. The Hall–Kier alpha value is -0.580. The van der Waals surface area contributed by atoms with Gasteiger partial charge in [-0.1, -0.05) is 29.8 Å². The van der Waals surface area contributed by atoms with Gasteiger partial charge < -0.3 is 0 Å². The van der Waals surface area contributed by atoms with Crippen LogP contribution in [0.25, 0.3) is 0 Å². The maximum atomic E-state index is 11.6. The molecule has 3 rings (SSSR count). The maximum absolute atomic E-state index is 11.6. The molecule has 0 aromatic heterocycles. The van der Waals surface area contributed by atoms with Crippen molar-refractivity contribution in [1.82, 2.24) is 4.90 Å². The lowest BCUT2D eigenvalue weighted by Crippen LogP contribution is -2.30. The average Bonchev–Trinajstić information content (AvgIpc) is 2.97. The van der Waals surface area contributed by atoms with Gasteiger partial charge in [0, 0.05) is 17.6 Å². The highest BCUT2D eigenvalue weighted by molar-refractivity contribution is 7.91. The lowest BCUT2D eigenvalue weighted by atomic mass is 10.0. The fraction of sp³-hybridized carbons (Fsp3) is 0.600. The number of benzene rings is 1. The lowest BCUT2D eigenvalue weighted by Gasteiger charge is -2.27. The lowest BCUT2D eigenvalue weighted by molar-refractivity contribution is 0.224. The van der Waals surface area contributed by atoms with Crippen LogP contribution >= 0.6 is 11.6 Å². The van der Waals surface area contributed by atoms with Gasteiger partial charge in [-0.15, -0.1) is 0 Å². The first kappa shape index (κ1) is 14.4. The molecule has 1 aromatic carbocycles. The zero-order valence-corrected chi connectivity index (χ0v) is 13.0. The molecule has 1 aromatic rings. The van der Waals surface area contributed by atoms with Crippen LogP contribution in [0.15, 0.2) is 24.3 Å². The van der Waals surface area contributed by atoms with Gasteiger partial charge in [0.2, 0.25) is 0 Å². The fourth-order valence-corrected chi connectivity index (χ4v) is 5.60. The molecule has 0 aliphatic carbocycles. The van der Waals surface area contributed by atoms with Crippen LogP contribution in [-0.4, -0.2) is 37.9 Å². The van der Waals surface area contributed by atoms with E-state index in [9.17, 15) is 8.42 Å². The summed E-state index contributed by atoms with van der Waals surface area (Å²) in [6.07, 6.45) is 3.09. The average molecular weight is 314 g/mol. The Bertz CT molecular complexity index is 587. The number of halogens is 1. The van der Waals surface area contributed by atoms with Gasteiger partial charge in [0.15, 0.2) is 9.84 Å². The van der Waals surface area contributed by atoms with Crippen molar-refractivity contribution >= 4 is 21.4 Å². The maximum Gasteiger partial charge on any atom is 0.150 e. The molecule has 0 N–H and O–H groups in total. The van der Waals surface area contributed by atoms with Gasteiger partial charge in [-0.25, -0.2) is 8.42 Å². The second-order valence-corrected chi connectivity index (χ2v) is 8.58. The third-order valence-electron chi connectivity index (χ3n) is 4.45. The minimum atomic E-state index is -2.78. The van der Waals surface area contributed by atoms with Crippen LogP contribution in [0.2, 0.25) is 5.02 Å². The fourth-order valence-electron chi connectivity index (χ4n) is 3.49. The molecule has 2 aliphatic rings. The van der Waals surface area contributed by atoms with Gasteiger partial charge in [0.05, 0.1) is 11.5 Å². The van der Waals surface area contributed by atoms with Crippen LogP contribution in [0.1, 0.15) is 30.9 Å². The summed E-state index contributed by atoms with van der Waals surface area (Å²) < 4.78 is 23.2. The molecular formula is C15H20ClNO2S. The first-order valence-electron chi connectivity index (χ1n) is 7.24. The van der Waals surface area contributed by atoms with E-state index in [0.29, 0.717) is 23.5 Å². The predicted octanol–water partition coefficient (Wildman–Crippen LogP) is 2.91. The van der Waals surface area contributed by atoms with Crippen molar-refractivity contribution in [2.75, 3.05) is 24.6 Å². The van der Waals surface area contributed by atoms with E-state index in [1.54, 1.807) is 0 Å². The van der Waals surface area contributed by atoms with Gasteiger partial charge in [0.25, 0.3) is 0 Å². The number of likely N-dealkylation sites (tertiary alicyclic amines) is 1. The van der Waals surface area contributed by atoms with Crippen molar-refractivity contribution in [1.29, 1.82) is 0 Å². The number of sulfone groups is 1. The summed E-state index contributed by atoms with van der Waals surface area (Å²) >= 11 is 6.31. The van der Waals surface area contributed by atoms with E-state index in [4.69, 9.17) is 11.6 Å². The molecule has 2 saturated heterocycles. The SMILES string of the molecule is O=S1(=O)CCC(CN2CCCC2c2ccccc2Cl)C1. The molecule has 110 valence electrons. The molecule has 0 radical (unpaired) electrons. The Balaban J connectivity index is 1.72. The van der Waals surface area contributed by atoms with Crippen LogP contribution in [-0.2, 0) is 9.84 Å². The molecule has 2 atom stereocenters. The Labute approximate surface area is 125 Å². The predicted molar refractivity (Wildman–Crippen MR) is 81.8 cm³/mol. The van der Waals surface area contributed by atoms with E-state index < -0.39 is 9.84 Å². The first-order chi connectivity index (χ1) is 9.55. The van der Waals surface area contributed by atoms with Crippen molar-refractivity contribution in [2.45, 2.75) is 25.3 Å². The monoisotopic (exact) mass is 313 g/mol. The molecule has 2 fully saturated rings. The molecule has 0 bridgehead atoms. The third kappa shape index (κ3) is 3.02. The zero-order chi connectivity index (χ0) is 14.2. The Morgan fingerprint density at radius 1 is 1.25 bits per heavy atom. The van der Waals surface area contributed by atoms with E-state index in [0.717, 1.165) is 37.4 Å². The van der Waals surface area contributed by atoms with Crippen LogP contribution < -0.4 is 0 Å². The summed E-state index contributed by atoms with van der Waals surface area (Å²) in [4.78, 5) is 2.42. The number of nitrogens with zero attached hydrogens (tertiary/aromatic N) is 1. The second-order valence-electron chi connectivity index (χ2n) is 5.94. The standard InChI is InChI=1S/C15H20ClNO2S/c16-14-5-2-1-4-13(14)15-6-3-8-17(15)10-12-7-9-20(18,19)11-12/h1-2,4-5,12,15H,3,6-11H2. The molecule has 0 saturated carbocycles. The van der Waals surface area contributed by atoms with E-state index in [2.05, 4.69) is 11.0 Å². The van der Waals surface area contributed by atoms with E-state index in [1.165, 1.54) is 5.56 Å². The van der Waals surface area contributed by atoms with Crippen molar-refractivity contribution in [3.05, 3.63) is 34.9 Å². The van der Waals surface area contributed by atoms with Crippen molar-refractivity contribution in [2.24, 2.45) is 5.92 Å². The molecule has 3 nitrogen and oxygen atoms in total. The Morgan fingerprint density at radius 3 is 2.75 bits per heavy atom. The topological polar surface area (TPSA) is 37.4 Å². The van der Waals surface area contributed by atoms with Crippen molar-refractivity contribution in [3.8, 4) is 0 Å². The van der Waals surface area contributed by atoms with Crippen molar-refractivity contribution < 1.29 is 8.42 Å². The van der Waals surface area contributed by atoms with E-state index >= 15 is 0 Å². The summed E-state index contributed by atoms with van der Waals surface area (Å²) in [5.74, 6) is 1.02. The van der Waals surface area contributed by atoms with Gasteiger partial charge in [-0.2, -0.15) is 0 Å². The highest BCUT2D eigenvalue weighted by Crippen LogP contribution is 2.36. The molecule has 5 heteroatoms. The van der Waals surface area contributed by atoms with Crippen LogP contribution in [0, 0.1) is 5.92 Å². The molecule has 20 heavy (non-hydrogen) atoms. The minimum Gasteiger partial charge on any atom is -0.296 e. The summed E-state index contributed by atoms with van der Waals surface area (Å²) in [6.45, 7) is 1.93. The first-order valence-corrected chi connectivity index (χ1v) is 9.44. The van der Waals surface area contributed by atoms with Gasteiger partial charge in [-0.3, -0.25) is 4.90 Å². The minimum absolute atomic E-state index is 0.295. The normalized spacial score (nSPS) is 29.9. The Kier molecular flexibility index (Phi) is 4.07. The third-order valence-corrected chi connectivity index (χ3v) is 6.63. The second kappa shape index (κ2) is 5.66. The molecule has 2 aliphatic heterocycles. The summed E-state index contributed by atoms with van der Waals surface area (Å²) in [5.41, 5.74) is 1.19. The van der Waals surface area contributed by atoms with Crippen LogP contribution in [0.4, 0.5) is 0 Å². The quantitative estimate of drug-likeness (QED) is 0.861. The van der Waals surface area contributed by atoms with Gasteiger partial charge >= 0.3 is 0 Å². The number of rotatable bonds is 3. The highest BCUT2D eigenvalue weighted by Gasteiger charge is 2.33. The van der Waals surface area contributed by atoms with Gasteiger partial charge in [0.1, 0.15) is 0 Å². The van der Waals surface area contributed by atoms with Crippen molar-refractivity contribution in [3.63, 3.8) is 0 Å². The molecule has 0 spiro atoms. The van der Waals surface area contributed by atoms with E-state index in [1.807, 2.05) is 18.2 Å². The summed E-state index contributed by atoms with van der Waals surface area (Å²) in [6, 6.07) is 8.36. The molecular weight excluding hydrogens is 294 g/mol. The summed E-state index contributed by atoms with van der Waals surface area (Å²) in [7, 11) is -2.78. The summed E-state index contributed by atoms with van der Waals surface area (Å²) in [5, 5.41) is 0.823. The smallest absolute Gasteiger partial charge is 0.150 e.